The molecule has 1 amide bonds. The van der Waals surface area contributed by atoms with Crippen molar-refractivity contribution < 1.29 is 4.79 Å². The van der Waals surface area contributed by atoms with Crippen molar-refractivity contribution in [3.63, 3.8) is 0 Å². The second-order valence-electron chi connectivity index (χ2n) is 6.93. The second kappa shape index (κ2) is 7.01. The molecule has 2 unspecified atom stereocenters. The zero-order valence-corrected chi connectivity index (χ0v) is 14.3. The Labute approximate surface area is 139 Å². The summed E-state index contributed by atoms with van der Waals surface area (Å²) in [6, 6.07) is 8.51. The van der Waals surface area contributed by atoms with Gasteiger partial charge >= 0.3 is 0 Å². The first-order chi connectivity index (χ1) is 10.1. The zero-order chi connectivity index (χ0) is 15.0. The van der Waals surface area contributed by atoms with Gasteiger partial charge in [-0.2, -0.15) is 0 Å². The molecule has 3 nitrogen and oxygen atoms in total. The van der Waals surface area contributed by atoms with Gasteiger partial charge in [-0.3, -0.25) is 4.79 Å². The minimum absolute atomic E-state index is 0. The van der Waals surface area contributed by atoms with Gasteiger partial charge in [-0.15, -0.1) is 12.4 Å². The Hall–Kier alpha value is -1.06. The lowest BCUT2D eigenvalue weighted by Gasteiger charge is -2.44. The van der Waals surface area contributed by atoms with E-state index in [9.17, 15) is 4.79 Å². The molecule has 22 heavy (non-hydrogen) atoms. The average molecular weight is 323 g/mol. The molecule has 1 aromatic rings. The topological polar surface area (TPSA) is 46.3 Å². The molecule has 2 N–H and O–H groups in total. The van der Waals surface area contributed by atoms with E-state index in [0.29, 0.717) is 17.9 Å². The van der Waals surface area contributed by atoms with E-state index in [1.807, 2.05) is 24.1 Å². The molecule has 0 radical (unpaired) electrons. The number of amides is 1. The Bertz CT molecular complexity index is 502. The van der Waals surface area contributed by atoms with Crippen molar-refractivity contribution in [3.8, 4) is 0 Å². The van der Waals surface area contributed by atoms with Crippen LogP contribution in [0.1, 0.15) is 37.7 Å². The normalized spacial score (nSPS) is 30.3. The van der Waals surface area contributed by atoms with E-state index in [0.717, 1.165) is 18.5 Å². The number of aryl methyl sites for hydroxylation is 1. The van der Waals surface area contributed by atoms with Crippen molar-refractivity contribution in [2.75, 3.05) is 11.9 Å². The molecule has 3 rings (SSSR count). The van der Waals surface area contributed by atoms with Crippen LogP contribution in [0.15, 0.2) is 24.3 Å². The summed E-state index contributed by atoms with van der Waals surface area (Å²) in [5, 5.41) is 0. The Morgan fingerprint density at radius 1 is 1.14 bits per heavy atom. The number of fused-ring (bicyclic) bond motifs is 2. The third-order valence-corrected chi connectivity index (χ3v) is 5.51. The highest BCUT2D eigenvalue weighted by atomic mass is 35.5. The maximum atomic E-state index is 12.8. The quantitative estimate of drug-likeness (QED) is 0.905. The van der Waals surface area contributed by atoms with Crippen molar-refractivity contribution in [2.24, 2.45) is 23.5 Å². The summed E-state index contributed by atoms with van der Waals surface area (Å²) < 4.78 is 0. The lowest BCUT2D eigenvalue weighted by atomic mass is 9.65. The predicted molar refractivity (Wildman–Crippen MR) is 93.4 cm³/mol. The number of hydrogen-bond donors (Lipinski definition) is 1. The minimum atomic E-state index is 0. The van der Waals surface area contributed by atoms with Crippen LogP contribution in [-0.4, -0.2) is 19.0 Å². The second-order valence-corrected chi connectivity index (χ2v) is 6.93. The van der Waals surface area contributed by atoms with E-state index < -0.39 is 0 Å². The first-order valence-electron chi connectivity index (χ1n) is 8.16. The molecule has 2 fully saturated rings. The lowest BCUT2D eigenvalue weighted by Crippen LogP contribution is -2.49. The number of nitrogens with zero attached hydrogens (tertiary/aromatic N) is 1. The Kier molecular flexibility index (Phi) is 5.51. The monoisotopic (exact) mass is 322 g/mol. The highest BCUT2D eigenvalue weighted by Gasteiger charge is 2.41. The van der Waals surface area contributed by atoms with Crippen LogP contribution in [-0.2, 0) is 4.79 Å². The molecule has 0 aliphatic heterocycles. The van der Waals surface area contributed by atoms with Crippen LogP contribution in [0.2, 0.25) is 0 Å². The van der Waals surface area contributed by atoms with Gasteiger partial charge in [-0.05, 0) is 56.6 Å². The molecular weight excluding hydrogens is 296 g/mol. The summed E-state index contributed by atoms with van der Waals surface area (Å²) in [6.07, 6.45) is 5.66. The Morgan fingerprint density at radius 3 is 2.23 bits per heavy atom. The van der Waals surface area contributed by atoms with Gasteiger partial charge in [0.05, 0.1) is 0 Å². The summed E-state index contributed by atoms with van der Waals surface area (Å²) in [6.45, 7) is 2.06. The van der Waals surface area contributed by atoms with Gasteiger partial charge in [0.2, 0.25) is 5.91 Å². The summed E-state index contributed by atoms with van der Waals surface area (Å²) >= 11 is 0. The van der Waals surface area contributed by atoms with E-state index in [2.05, 4.69) is 19.1 Å². The van der Waals surface area contributed by atoms with Crippen molar-refractivity contribution in [3.05, 3.63) is 29.8 Å². The lowest BCUT2D eigenvalue weighted by molar-refractivity contribution is -0.124. The minimum Gasteiger partial charge on any atom is -0.327 e. The maximum Gasteiger partial charge on any atom is 0.229 e. The number of hydrogen-bond acceptors (Lipinski definition) is 2. The molecule has 1 aromatic carbocycles. The summed E-state index contributed by atoms with van der Waals surface area (Å²) in [7, 11) is 1.90. The molecule has 2 atom stereocenters. The summed E-state index contributed by atoms with van der Waals surface area (Å²) in [5.41, 5.74) is 8.54. The molecule has 2 bridgehead atoms. The fraction of sp³-hybridized carbons (Fsp3) is 0.611. The molecule has 0 aromatic heterocycles. The number of carbonyl (C=O) groups is 1. The van der Waals surface area contributed by atoms with Gasteiger partial charge in [0, 0.05) is 24.7 Å². The van der Waals surface area contributed by atoms with Gasteiger partial charge < -0.3 is 10.6 Å². The van der Waals surface area contributed by atoms with E-state index in [4.69, 9.17) is 5.73 Å². The zero-order valence-electron chi connectivity index (χ0n) is 13.5. The average Bonchev–Trinajstić information content (AvgIpc) is 2.46. The Morgan fingerprint density at radius 2 is 1.68 bits per heavy atom. The highest BCUT2D eigenvalue weighted by molar-refractivity contribution is 5.94. The van der Waals surface area contributed by atoms with Crippen LogP contribution < -0.4 is 10.6 Å². The maximum absolute atomic E-state index is 12.8. The van der Waals surface area contributed by atoms with E-state index >= 15 is 0 Å². The third kappa shape index (κ3) is 3.31. The summed E-state index contributed by atoms with van der Waals surface area (Å²) in [5.74, 6) is 1.53. The molecule has 0 spiro atoms. The fourth-order valence-corrected chi connectivity index (χ4v) is 4.16. The molecular formula is C18H27ClN2O. The largest absolute Gasteiger partial charge is 0.327 e. The molecule has 2 saturated carbocycles. The van der Waals surface area contributed by atoms with E-state index in [-0.39, 0.29) is 24.2 Å². The molecule has 0 heterocycles. The Balaban J connectivity index is 0.00000176. The van der Waals surface area contributed by atoms with Crippen molar-refractivity contribution in [2.45, 2.75) is 45.1 Å². The van der Waals surface area contributed by atoms with Crippen molar-refractivity contribution >= 4 is 24.0 Å². The molecule has 0 saturated heterocycles. The van der Waals surface area contributed by atoms with Gasteiger partial charge in [-0.1, -0.05) is 24.1 Å². The van der Waals surface area contributed by atoms with E-state index in [1.54, 1.807) is 0 Å². The van der Waals surface area contributed by atoms with Crippen LogP contribution in [0.5, 0.6) is 0 Å². The van der Waals surface area contributed by atoms with Gasteiger partial charge in [0.15, 0.2) is 0 Å². The van der Waals surface area contributed by atoms with Crippen LogP contribution >= 0.6 is 12.4 Å². The van der Waals surface area contributed by atoms with Gasteiger partial charge in [-0.25, -0.2) is 0 Å². The van der Waals surface area contributed by atoms with Crippen LogP contribution in [0, 0.1) is 24.7 Å². The number of anilines is 1. The number of nitrogens with two attached hydrogens (primary N) is 1. The molecule has 4 heteroatoms. The van der Waals surface area contributed by atoms with Crippen LogP contribution in [0.25, 0.3) is 0 Å². The van der Waals surface area contributed by atoms with Crippen molar-refractivity contribution in [1.82, 2.24) is 0 Å². The third-order valence-electron chi connectivity index (χ3n) is 5.51. The highest BCUT2D eigenvalue weighted by Crippen LogP contribution is 2.42. The van der Waals surface area contributed by atoms with Crippen molar-refractivity contribution in [1.29, 1.82) is 0 Å². The molecule has 2 aliphatic carbocycles. The van der Waals surface area contributed by atoms with Gasteiger partial charge in [0.1, 0.15) is 0 Å². The smallest absolute Gasteiger partial charge is 0.229 e. The first kappa shape index (κ1) is 17.3. The van der Waals surface area contributed by atoms with Gasteiger partial charge in [0.25, 0.3) is 0 Å². The summed E-state index contributed by atoms with van der Waals surface area (Å²) in [4.78, 5) is 14.6. The van der Waals surface area contributed by atoms with E-state index in [1.165, 1.54) is 24.8 Å². The molecule has 122 valence electrons. The SMILES string of the molecule is Cc1ccc(N(C)C(=O)C2CC3CCCC(C2)C3N)cc1.Cl. The van der Waals surface area contributed by atoms with Crippen LogP contribution in [0.4, 0.5) is 5.69 Å². The van der Waals surface area contributed by atoms with Crippen LogP contribution in [0.3, 0.4) is 0 Å². The number of halogens is 1. The predicted octanol–water partition coefficient (Wildman–Crippen LogP) is 3.53. The first-order valence-corrected chi connectivity index (χ1v) is 8.16. The number of benzene rings is 1. The number of carbonyl (C=O) groups excluding carboxylic acids is 1. The molecule has 2 aliphatic rings. The standard InChI is InChI=1S/C18H26N2O.ClH/c1-12-6-8-16(9-7-12)20(2)18(21)15-10-13-4-3-5-14(11-15)17(13)19;/h6-9,13-15,17H,3-5,10-11,19H2,1-2H3;1H. The number of rotatable bonds is 2. The fourth-order valence-electron chi connectivity index (χ4n) is 4.16.